The number of hydrogen-bond acceptors (Lipinski definition) is 1. The van der Waals surface area contributed by atoms with Crippen molar-refractivity contribution in [2.45, 2.75) is 19.4 Å². The number of rotatable bonds is 2. The van der Waals surface area contributed by atoms with Crippen molar-refractivity contribution < 1.29 is 0 Å². The molecule has 4 rings (SSSR count). The first-order chi connectivity index (χ1) is 12.1. The molecule has 3 nitrogen and oxygen atoms in total. The van der Waals surface area contributed by atoms with Crippen LogP contribution >= 0.6 is 24.0 Å². The van der Waals surface area contributed by atoms with Crippen LogP contribution in [0, 0.1) is 0 Å². The van der Waals surface area contributed by atoms with Crippen LogP contribution in [0.1, 0.15) is 24.0 Å². The molecule has 0 radical (unpaired) electrons. The van der Waals surface area contributed by atoms with E-state index in [1.165, 1.54) is 22.0 Å². The van der Waals surface area contributed by atoms with E-state index in [9.17, 15) is 0 Å². The van der Waals surface area contributed by atoms with Gasteiger partial charge in [0, 0.05) is 23.2 Å². The number of guanidine groups is 1. The van der Waals surface area contributed by atoms with Gasteiger partial charge in [-0.25, -0.2) is 4.99 Å². The lowest BCUT2D eigenvalue weighted by atomic mass is 9.96. The first-order valence-corrected chi connectivity index (χ1v) is 8.85. The number of nitrogens with zero attached hydrogens (tertiary/aromatic N) is 2. The van der Waals surface area contributed by atoms with E-state index in [2.05, 4.69) is 53.2 Å². The fourth-order valence-corrected chi connectivity index (χ4v) is 3.69. The molecule has 0 spiro atoms. The highest BCUT2D eigenvalue weighted by atomic mass is 35.5. The Morgan fingerprint density at radius 2 is 1.85 bits per heavy atom. The molecule has 0 fully saturated rings. The molecule has 2 N–H and O–H groups in total. The summed E-state index contributed by atoms with van der Waals surface area (Å²) in [5.41, 5.74) is 9.96. The molecule has 1 aliphatic rings. The molecule has 1 aliphatic heterocycles. The van der Waals surface area contributed by atoms with E-state index in [-0.39, 0.29) is 12.4 Å². The zero-order chi connectivity index (χ0) is 17.4. The standard InChI is InChI=1S/C21H20ClN3.ClH/c1-14-13-25(21(23)24-12-15-6-9-17(22)10-7-15)19-11-8-16-4-2-3-5-18(16)20(14)19;/h2-11,14H,12-13H2,1H3,(H2,23,24);1H. The van der Waals surface area contributed by atoms with Crippen molar-refractivity contribution in [2.75, 3.05) is 11.4 Å². The second kappa shape index (κ2) is 7.56. The minimum Gasteiger partial charge on any atom is -0.370 e. The molecule has 1 unspecified atom stereocenters. The Bertz CT molecular complexity index is 951. The molecule has 0 aromatic heterocycles. The van der Waals surface area contributed by atoms with Crippen molar-refractivity contribution >= 4 is 46.4 Å². The number of aliphatic imine (C=N–C) groups is 1. The van der Waals surface area contributed by atoms with Crippen LogP contribution in [0.4, 0.5) is 5.69 Å². The monoisotopic (exact) mass is 385 g/mol. The predicted octanol–water partition coefficient (Wildman–Crippen LogP) is 5.35. The Hall–Kier alpha value is -2.23. The van der Waals surface area contributed by atoms with E-state index < -0.39 is 0 Å². The molecule has 0 aliphatic carbocycles. The van der Waals surface area contributed by atoms with Gasteiger partial charge in [-0.3, -0.25) is 0 Å². The van der Waals surface area contributed by atoms with E-state index in [0.29, 0.717) is 18.4 Å². The molecule has 0 bridgehead atoms. The summed E-state index contributed by atoms with van der Waals surface area (Å²) in [6.07, 6.45) is 0. The number of nitrogens with two attached hydrogens (primary N) is 1. The number of fused-ring (bicyclic) bond motifs is 3. The number of anilines is 1. The van der Waals surface area contributed by atoms with Crippen molar-refractivity contribution in [1.29, 1.82) is 0 Å². The van der Waals surface area contributed by atoms with Gasteiger partial charge >= 0.3 is 0 Å². The summed E-state index contributed by atoms with van der Waals surface area (Å²) in [5.74, 6) is 0.987. The van der Waals surface area contributed by atoms with E-state index in [0.717, 1.165) is 17.1 Å². The molecule has 0 saturated heterocycles. The van der Waals surface area contributed by atoms with Gasteiger partial charge in [-0.15, -0.1) is 12.4 Å². The highest BCUT2D eigenvalue weighted by molar-refractivity contribution is 6.30. The third-order valence-electron chi connectivity index (χ3n) is 4.80. The SMILES string of the molecule is CC1CN(C(N)=NCc2ccc(Cl)cc2)c2ccc3ccccc3c21.Cl. The van der Waals surface area contributed by atoms with Crippen LogP contribution in [0.5, 0.6) is 0 Å². The summed E-state index contributed by atoms with van der Waals surface area (Å²) in [6, 6.07) is 20.5. The van der Waals surface area contributed by atoms with E-state index in [4.69, 9.17) is 17.3 Å². The molecular weight excluding hydrogens is 365 g/mol. The van der Waals surface area contributed by atoms with Gasteiger partial charge in [0.1, 0.15) is 0 Å². The first kappa shape index (κ1) is 18.6. The van der Waals surface area contributed by atoms with Gasteiger partial charge in [0.15, 0.2) is 5.96 Å². The summed E-state index contributed by atoms with van der Waals surface area (Å²) >= 11 is 5.93. The molecule has 5 heteroatoms. The van der Waals surface area contributed by atoms with Crippen molar-refractivity contribution in [2.24, 2.45) is 10.7 Å². The van der Waals surface area contributed by atoms with Crippen LogP contribution in [0.2, 0.25) is 5.02 Å². The molecule has 1 heterocycles. The van der Waals surface area contributed by atoms with Crippen molar-refractivity contribution in [3.05, 3.63) is 76.8 Å². The Balaban J connectivity index is 0.00000196. The average molecular weight is 386 g/mol. The van der Waals surface area contributed by atoms with E-state index in [1.807, 2.05) is 24.3 Å². The Morgan fingerprint density at radius 1 is 1.12 bits per heavy atom. The molecule has 3 aromatic rings. The Morgan fingerprint density at radius 3 is 2.62 bits per heavy atom. The van der Waals surface area contributed by atoms with Crippen LogP contribution in [0.25, 0.3) is 10.8 Å². The molecule has 3 aromatic carbocycles. The summed E-state index contributed by atoms with van der Waals surface area (Å²) in [4.78, 5) is 6.72. The maximum atomic E-state index is 6.33. The quantitative estimate of drug-likeness (QED) is 0.476. The van der Waals surface area contributed by atoms with E-state index in [1.54, 1.807) is 0 Å². The van der Waals surface area contributed by atoms with Gasteiger partial charge in [0.05, 0.1) is 6.54 Å². The smallest absolute Gasteiger partial charge is 0.196 e. The lowest BCUT2D eigenvalue weighted by Crippen LogP contribution is -2.36. The summed E-state index contributed by atoms with van der Waals surface area (Å²) < 4.78 is 0. The first-order valence-electron chi connectivity index (χ1n) is 8.47. The average Bonchev–Trinajstić information content (AvgIpc) is 2.98. The Kier molecular flexibility index (Phi) is 5.40. The van der Waals surface area contributed by atoms with Gasteiger partial charge in [-0.2, -0.15) is 0 Å². The molecule has 26 heavy (non-hydrogen) atoms. The normalized spacial score (nSPS) is 16.5. The second-order valence-electron chi connectivity index (χ2n) is 6.53. The number of benzene rings is 3. The zero-order valence-corrected chi connectivity index (χ0v) is 16.1. The second-order valence-corrected chi connectivity index (χ2v) is 6.97. The highest BCUT2D eigenvalue weighted by Crippen LogP contribution is 2.40. The van der Waals surface area contributed by atoms with Gasteiger partial charge in [-0.05, 0) is 40.1 Å². The summed E-state index contributed by atoms with van der Waals surface area (Å²) in [5, 5.41) is 3.31. The fraction of sp³-hybridized carbons (Fsp3) is 0.190. The van der Waals surface area contributed by atoms with Crippen LogP contribution in [-0.4, -0.2) is 12.5 Å². The third kappa shape index (κ3) is 3.37. The van der Waals surface area contributed by atoms with Gasteiger partial charge < -0.3 is 10.6 Å². The third-order valence-corrected chi connectivity index (χ3v) is 5.05. The van der Waals surface area contributed by atoms with E-state index >= 15 is 0 Å². The van der Waals surface area contributed by atoms with Gasteiger partial charge in [0.25, 0.3) is 0 Å². The fourth-order valence-electron chi connectivity index (χ4n) is 3.57. The minimum absolute atomic E-state index is 0. The number of halogens is 2. The topological polar surface area (TPSA) is 41.6 Å². The van der Waals surface area contributed by atoms with Crippen LogP contribution < -0.4 is 10.6 Å². The predicted molar refractivity (Wildman–Crippen MR) is 114 cm³/mol. The maximum Gasteiger partial charge on any atom is 0.196 e. The van der Waals surface area contributed by atoms with Crippen LogP contribution in [-0.2, 0) is 6.54 Å². The molecule has 1 atom stereocenters. The van der Waals surface area contributed by atoms with Gasteiger partial charge in [-0.1, -0.05) is 61.0 Å². The molecular formula is C21H21Cl2N3. The lowest BCUT2D eigenvalue weighted by molar-refractivity contribution is 0.821. The van der Waals surface area contributed by atoms with Crippen molar-refractivity contribution in [3.63, 3.8) is 0 Å². The Labute approximate surface area is 164 Å². The zero-order valence-electron chi connectivity index (χ0n) is 14.5. The highest BCUT2D eigenvalue weighted by Gasteiger charge is 2.29. The molecule has 0 amide bonds. The van der Waals surface area contributed by atoms with Gasteiger partial charge in [0.2, 0.25) is 0 Å². The summed E-state index contributed by atoms with van der Waals surface area (Å²) in [7, 11) is 0. The number of hydrogen-bond donors (Lipinski definition) is 1. The summed E-state index contributed by atoms with van der Waals surface area (Å²) in [6.45, 7) is 3.66. The largest absolute Gasteiger partial charge is 0.370 e. The van der Waals surface area contributed by atoms with Crippen molar-refractivity contribution in [3.8, 4) is 0 Å². The minimum atomic E-state index is 0. The maximum absolute atomic E-state index is 6.33. The molecule has 134 valence electrons. The van der Waals surface area contributed by atoms with Crippen LogP contribution in [0.15, 0.2) is 65.7 Å². The lowest BCUT2D eigenvalue weighted by Gasteiger charge is -2.18. The molecule has 0 saturated carbocycles. The van der Waals surface area contributed by atoms with Crippen LogP contribution in [0.3, 0.4) is 0 Å². The van der Waals surface area contributed by atoms with Crippen molar-refractivity contribution in [1.82, 2.24) is 0 Å².